The van der Waals surface area contributed by atoms with Crippen molar-refractivity contribution < 1.29 is 27.9 Å². The lowest BCUT2D eigenvalue weighted by Gasteiger charge is -2.20. The fourth-order valence-corrected chi connectivity index (χ4v) is 2.67. The average Bonchev–Trinajstić information content (AvgIpc) is 2.59. The van der Waals surface area contributed by atoms with Gasteiger partial charge in [-0.25, -0.2) is 4.79 Å². The number of carbonyl (C=O) groups excluding carboxylic acids is 1. The van der Waals surface area contributed by atoms with Gasteiger partial charge in [0.1, 0.15) is 6.04 Å². The number of benzene rings is 2. The van der Waals surface area contributed by atoms with E-state index < -0.39 is 36.4 Å². The predicted octanol–water partition coefficient (Wildman–Crippen LogP) is 3.73. The minimum absolute atomic E-state index is 0.157. The summed E-state index contributed by atoms with van der Waals surface area (Å²) in [7, 11) is 0. The monoisotopic (exact) mass is 365 g/mol. The lowest BCUT2D eigenvalue weighted by molar-refractivity contribution is -0.160. The van der Waals surface area contributed by atoms with Crippen molar-refractivity contribution >= 4 is 11.9 Å². The van der Waals surface area contributed by atoms with Gasteiger partial charge in [-0.1, -0.05) is 60.7 Å². The number of carboxylic acid groups (broad SMARTS) is 1. The Hall–Kier alpha value is -2.83. The second-order valence-electron chi connectivity index (χ2n) is 5.86. The molecule has 2 N–H and O–H groups in total. The lowest BCUT2D eigenvalue weighted by atomic mass is 9.88. The van der Waals surface area contributed by atoms with E-state index in [4.69, 9.17) is 5.11 Å². The van der Waals surface area contributed by atoms with Gasteiger partial charge in [0.2, 0.25) is 5.91 Å². The highest BCUT2D eigenvalue weighted by molar-refractivity contribution is 5.84. The fraction of sp³-hybridized carbons (Fsp3) is 0.263. The van der Waals surface area contributed by atoms with Crippen LogP contribution in [0.4, 0.5) is 13.2 Å². The van der Waals surface area contributed by atoms with Crippen LogP contribution in [0.15, 0.2) is 60.7 Å². The third-order valence-electron chi connectivity index (χ3n) is 3.86. The summed E-state index contributed by atoms with van der Waals surface area (Å²) >= 11 is 0. The largest absolute Gasteiger partial charge is 0.480 e. The molecule has 1 unspecified atom stereocenters. The molecule has 0 radical (unpaired) electrons. The van der Waals surface area contributed by atoms with E-state index in [0.29, 0.717) is 0 Å². The molecule has 0 fully saturated rings. The van der Waals surface area contributed by atoms with Crippen LogP contribution in [0.2, 0.25) is 0 Å². The van der Waals surface area contributed by atoms with Crippen LogP contribution in [0.3, 0.4) is 0 Å². The molecule has 0 bridgehead atoms. The fourth-order valence-electron chi connectivity index (χ4n) is 2.67. The standard InChI is InChI=1S/C19H18F3NO3/c20-19(21,22)12-16(18(25)26)23-17(24)11-15(13-7-3-1-4-8-13)14-9-5-2-6-10-14/h1-10,15-16H,11-12H2,(H,23,24)(H,25,26). The van der Waals surface area contributed by atoms with Gasteiger partial charge >= 0.3 is 12.1 Å². The van der Waals surface area contributed by atoms with Gasteiger partial charge in [0, 0.05) is 12.3 Å². The molecular formula is C19H18F3NO3. The zero-order chi connectivity index (χ0) is 19.2. The molecule has 0 aromatic heterocycles. The summed E-state index contributed by atoms with van der Waals surface area (Å²) in [6.07, 6.45) is -6.46. The number of alkyl halides is 3. The SMILES string of the molecule is O=C(CC(c1ccccc1)c1ccccc1)NC(CC(F)(F)F)C(=O)O. The number of aliphatic carboxylic acids is 1. The van der Waals surface area contributed by atoms with E-state index in [9.17, 15) is 22.8 Å². The van der Waals surface area contributed by atoms with Crippen LogP contribution in [-0.4, -0.2) is 29.2 Å². The Balaban J connectivity index is 2.17. The van der Waals surface area contributed by atoms with E-state index in [1.54, 1.807) is 24.3 Å². The zero-order valence-corrected chi connectivity index (χ0v) is 13.7. The summed E-state index contributed by atoms with van der Waals surface area (Å²) in [5.74, 6) is -2.86. The zero-order valence-electron chi connectivity index (χ0n) is 13.7. The molecule has 4 nitrogen and oxygen atoms in total. The van der Waals surface area contributed by atoms with Gasteiger partial charge in [-0.15, -0.1) is 0 Å². The number of rotatable bonds is 7. The number of carboxylic acids is 1. The van der Waals surface area contributed by atoms with E-state index in [1.807, 2.05) is 41.7 Å². The first-order chi connectivity index (χ1) is 12.3. The molecule has 138 valence electrons. The molecule has 2 rings (SSSR count). The molecule has 26 heavy (non-hydrogen) atoms. The van der Waals surface area contributed by atoms with Crippen molar-refractivity contribution in [2.75, 3.05) is 0 Å². The summed E-state index contributed by atoms with van der Waals surface area (Å²) in [6.45, 7) is 0. The number of amides is 1. The molecule has 1 amide bonds. The van der Waals surface area contributed by atoms with Crippen molar-refractivity contribution in [1.82, 2.24) is 5.32 Å². The highest BCUT2D eigenvalue weighted by atomic mass is 19.4. The molecular weight excluding hydrogens is 347 g/mol. The summed E-state index contributed by atoms with van der Waals surface area (Å²) in [4.78, 5) is 23.3. The maximum Gasteiger partial charge on any atom is 0.391 e. The second-order valence-corrected chi connectivity index (χ2v) is 5.86. The van der Waals surface area contributed by atoms with Crippen molar-refractivity contribution in [2.24, 2.45) is 0 Å². The third kappa shape index (κ3) is 5.91. The van der Waals surface area contributed by atoms with Crippen LogP contribution < -0.4 is 5.32 Å². The Morgan fingerprint density at radius 2 is 1.38 bits per heavy atom. The van der Waals surface area contributed by atoms with Gasteiger partial charge in [0.15, 0.2) is 0 Å². The van der Waals surface area contributed by atoms with Crippen molar-refractivity contribution in [3.05, 3.63) is 71.8 Å². The van der Waals surface area contributed by atoms with E-state index in [-0.39, 0.29) is 6.42 Å². The Labute approximate surface area is 148 Å². The topological polar surface area (TPSA) is 66.4 Å². The minimum Gasteiger partial charge on any atom is -0.480 e. The third-order valence-corrected chi connectivity index (χ3v) is 3.86. The summed E-state index contributed by atoms with van der Waals surface area (Å²) in [6, 6.07) is 16.1. The van der Waals surface area contributed by atoms with Crippen LogP contribution in [0.1, 0.15) is 29.9 Å². The van der Waals surface area contributed by atoms with Crippen molar-refractivity contribution in [3.63, 3.8) is 0 Å². The van der Waals surface area contributed by atoms with Gasteiger partial charge in [0.05, 0.1) is 6.42 Å². The Morgan fingerprint density at radius 3 is 1.77 bits per heavy atom. The summed E-state index contributed by atoms with van der Waals surface area (Å²) in [5, 5.41) is 10.9. The number of carbonyl (C=O) groups is 2. The Morgan fingerprint density at radius 1 is 0.923 bits per heavy atom. The maximum absolute atomic E-state index is 12.5. The van der Waals surface area contributed by atoms with E-state index in [2.05, 4.69) is 0 Å². The van der Waals surface area contributed by atoms with Crippen LogP contribution in [-0.2, 0) is 9.59 Å². The van der Waals surface area contributed by atoms with E-state index in [0.717, 1.165) is 11.1 Å². The molecule has 7 heteroatoms. The normalized spacial score (nSPS) is 12.6. The maximum atomic E-state index is 12.5. The molecule has 0 saturated carbocycles. The first kappa shape index (κ1) is 19.5. The average molecular weight is 365 g/mol. The predicted molar refractivity (Wildman–Crippen MR) is 89.6 cm³/mol. The van der Waals surface area contributed by atoms with Crippen molar-refractivity contribution in [3.8, 4) is 0 Å². The number of halogens is 3. The molecule has 0 aliphatic heterocycles. The van der Waals surface area contributed by atoms with Crippen molar-refractivity contribution in [2.45, 2.75) is 31.0 Å². The van der Waals surface area contributed by atoms with Gasteiger partial charge in [-0.3, -0.25) is 4.79 Å². The molecule has 2 aromatic carbocycles. The molecule has 0 aliphatic carbocycles. The molecule has 0 saturated heterocycles. The number of nitrogens with one attached hydrogen (secondary N) is 1. The van der Waals surface area contributed by atoms with E-state index in [1.165, 1.54) is 0 Å². The molecule has 0 aliphatic rings. The van der Waals surface area contributed by atoms with Gasteiger partial charge in [-0.2, -0.15) is 13.2 Å². The first-order valence-corrected chi connectivity index (χ1v) is 7.95. The van der Waals surface area contributed by atoms with Gasteiger partial charge in [-0.05, 0) is 11.1 Å². The summed E-state index contributed by atoms with van der Waals surface area (Å²) < 4.78 is 37.5. The highest BCUT2D eigenvalue weighted by Crippen LogP contribution is 2.28. The van der Waals surface area contributed by atoms with Crippen LogP contribution >= 0.6 is 0 Å². The number of hydrogen-bond acceptors (Lipinski definition) is 2. The number of hydrogen-bond donors (Lipinski definition) is 2. The molecule has 2 aromatic rings. The van der Waals surface area contributed by atoms with Crippen molar-refractivity contribution in [1.29, 1.82) is 0 Å². The highest BCUT2D eigenvalue weighted by Gasteiger charge is 2.36. The van der Waals surface area contributed by atoms with Crippen LogP contribution in [0.25, 0.3) is 0 Å². The van der Waals surface area contributed by atoms with Gasteiger partial charge < -0.3 is 10.4 Å². The van der Waals surface area contributed by atoms with Crippen LogP contribution in [0, 0.1) is 0 Å². The minimum atomic E-state index is -4.69. The van der Waals surface area contributed by atoms with Crippen LogP contribution in [0.5, 0.6) is 0 Å². The van der Waals surface area contributed by atoms with Gasteiger partial charge in [0.25, 0.3) is 0 Å². The quantitative estimate of drug-likeness (QED) is 0.786. The first-order valence-electron chi connectivity index (χ1n) is 7.95. The molecule has 1 atom stereocenters. The molecule has 0 heterocycles. The Bertz CT molecular complexity index is 693. The lowest BCUT2D eigenvalue weighted by Crippen LogP contribution is -2.44. The smallest absolute Gasteiger partial charge is 0.391 e. The molecule has 0 spiro atoms. The Kier molecular flexibility index (Phi) is 6.38. The summed E-state index contributed by atoms with van der Waals surface area (Å²) in [5.41, 5.74) is 1.63. The second kappa shape index (κ2) is 8.51. The van der Waals surface area contributed by atoms with E-state index >= 15 is 0 Å².